The first-order valence-electron chi connectivity index (χ1n) is 8.87. The fourth-order valence-electron chi connectivity index (χ4n) is 2.36. The molecule has 3 aromatic carbocycles. The Labute approximate surface area is 183 Å². The van der Waals surface area contributed by atoms with Crippen LogP contribution in [0.25, 0.3) is 0 Å². The zero-order valence-electron chi connectivity index (χ0n) is 15.6. The molecule has 0 bridgehead atoms. The number of carbonyl (C=O) groups excluding carboxylic acids is 2. The van der Waals surface area contributed by atoms with Gasteiger partial charge in [0.1, 0.15) is 5.75 Å². The number of hydrazone groups is 1. The van der Waals surface area contributed by atoms with Crippen molar-refractivity contribution in [1.82, 2.24) is 5.43 Å². The number of hydrogen-bond donors (Lipinski definition) is 2. The maximum absolute atomic E-state index is 12.0. The molecule has 0 aliphatic rings. The Morgan fingerprint density at radius 2 is 1.47 bits per heavy atom. The predicted molar refractivity (Wildman–Crippen MR) is 119 cm³/mol. The van der Waals surface area contributed by atoms with Gasteiger partial charge in [-0.15, -0.1) is 0 Å². The van der Waals surface area contributed by atoms with Crippen LogP contribution >= 0.6 is 23.2 Å². The Morgan fingerprint density at radius 1 is 0.867 bits per heavy atom. The van der Waals surface area contributed by atoms with Gasteiger partial charge in [-0.25, -0.2) is 5.43 Å². The Kier molecular flexibility index (Phi) is 7.43. The predicted octanol–water partition coefficient (Wildman–Crippen LogP) is 4.77. The molecular weight excluding hydrogens is 425 g/mol. The third-order valence-electron chi connectivity index (χ3n) is 3.86. The van der Waals surface area contributed by atoms with Crippen LogP contribution in [0.3, 0.4) is 0 Å². The molecule has 3 rings (SSSR count). The average Bonchev–Trinajstić information content (AvgIpc) is 2.75. The molecule has 30 heavy (non-hydrogen) atoms. The summed E-state index contributed by atoms with van der Waals surface area (Å²) in [6.07, 6.45) is 1.50. The van der Waals surface area contributed by atoms with Crippen LogP contribution in [0.2, 0.25) is 10.0 Å². The van der Waals surface area contributed by atoms with Crippen molar-refractivity contribution < 1.29 is 14.3 Å². The Bertz CT molecular complexity index is 1030. The summed E-state index contributed by atoms with van der Waals surface area (Å²) in [7, 11) is 0. The first-order chi connectivity index (χ1) is 14.5. The van der Waals surface area contributed by atoms with E-state index < -0.39 is 0 Å². The molecule has 0 aliphatic heterocycles. The second-order valence-corrected chi connectivity index (χ2v) is 6.99. The van der Waals surface area contributed by atoms with Crippen molar-refractivity contribution in [3.05, 3.63) is 94.0 Å². The van der Waals surface area contributed by atoms with Crippen molar-refractivity contribution >= 4 is 46.9 Å². The zero-order chi connectivity index (χ0) is 21.3. The fourth-order valence-corrected chi connectivity index (χ4v) is 2.61. The molecule has 2 N–H and O–H groups in total. The van der Waals surface area contributed by atoms with E-state index in [1.54, 1.807) is 72.8 Å². The number of anilines is 1. The molecule has 0 aromatic heterocycles. The van der Waals surface area contributed by atoms with Crippen molar-refractivity contribution in [2.24, 2.45) is 5.10 Å². The number of benzene rings is 3. The lowest BCUT2D eigenvalue weighted by Crippen LogP contribution is -2.20. The number of amides is 2. The number of rotatable bonds is 7. The van der Waals surface area contributed by atoms with Crippen molar-refractivity contribution in [3.8, 4) is 5.75 Å². The van der Waals surface area contributed by atoms with Gasteiger partial charge in [-0.3, -0.25) is 9.59 Å². The van der Waals surface area contributed by atoms with Crippen molar-refractivity contribution in [3.63, 3.8) is 0 Å². The SMILES string of the molecule is O=C(COc1ccc(/C=N\NC(=O)c2ccc(Cl)cc2)cc1)Nc1ccc(Cl)cc1. The Hall–Kier alpha value is -3.35. The van der Waals surface area contributed by atoms with Gasteiger partial charge < -0.3 is 10.1 Å². The molecule has 0 radical (unpaired) electrons. The first-order valence-corrected chi connectivity index (χ1v) is 9.62. The van der Waals surface area contributed by atoms with Gasteiger partial charge in [0.05, 0.1) is 6.21 Å². The number of hydrogen-bond acceptors (Lipinski definition) is 4. The third kappa shape index (κ3) is 6.62. The molecular formula is C22H17Cl2N3O3. The smallest absolute Gasteiger partial charge is 0.271 e. The number of ether oxygens (including phenoxy) is 1. The lowest BCUT2D eigenvalue weighted by Gasteiger charge is -2.08. The molecule has 2 amide bonds. The summed E-state index contributed by atoms with van der Waals surface area (Å²) in [5.74, 6) is -0.0916. The van der Waals surface area contributed by atoms with E-state index in [0.29, 0.717) is 27.0 Å². The second kappa shape index (κ2) is 10.4. The number of carbonyl (C=O) groups is 2. The van der Waals surface area contributed by atoms with E-state index in [1.807, 2.05) is 0 Å². The second-order valence-electron chi connectivity index (χ2n) is 6.12. The molecule has 3 aromatic rings. The zero-order valence-corrected chi connectivity index (χ0v) is 17.2. The normalized spacial score (nSPS) is 10.6. The average molecular weight is 442 g/mol. The van der Waals surface area contributed by atoms with E-state index in [9.17, 15) is 9.59 Å². The number of nitrogens with one attached hydrogen (secondary N) is 2. The molecule has 0 heterocycles. The lowest BCUT2D eigenvalue weighted by molar-refractivity contribution is -0.118. The van der Waals surface area contributed by atoms with E-state index in [4.69, 9.17) is 27.9 Å². The summed E-state index contributed by atoms with van der Waals surface area (Å²) in [6, 6.07) is 20.2. The molecule has 152 valence electrons. The van der Waals surface area contributed by atoms with Crippen LogP contribution in [0.1, 0.15) is 15.9 Å². The molecule has 6 nitrogen and oxygen atoms in total. The van der Waals surface area contributed by atoms with E-state index >= 15 is 0 Å². The number of halogens is 2. The van der Waals surface area contributed by atoms with Crippen molar-refractivity contribution in [1.29, 1.82) is 0 Å². The fraction of sp³-hybridized carbons (Fsp3) is 0.0455. The number of nitrogens with zero attached hydrogens (tertiary/aromatic N) is 1. The summed E-state index contributed by atoms with van der Waals surface area (Å²) in [6.45, 7) is -0.132. The van der Waals surface area contributed by atoms with Gasteiger partial charge in [0.25, 0.3) is 11.8 Å². The largest absolute Gasteiger partial charge is 0.484 e. The highest BCUT2D eigenvalue weighted by molar-refractivity contribution is 6.31. The van der Waals surface area contributed by atoms with Gasteiger partial charge >= 0.3 is 0 Å². The molecule has 0 saturated heterocycles. The molecule has 8 heteroatoms. The van der Waals surface area contributed by atoms with Crippen molar-refractivity contribution in [2.75, 3.05) is 11.9 Å². The highest BCUT2D eigenvalue weighted by Crippen LogP contribution is 2.14. The highest BCUT2D eigenvalue weighted by Gasteiger charge is 2.05. The monoisotopic (exact) mass is 441 g/mol. The van der Waals surface area contributed by atoms with E-state index in [0.717, 1.165) is 5.56 Å². The van der Waals surface area contributed by atoms with Gasteiger partial charge in [0, 0.05) is 21.3 Å². The van der Waals surface area contributed by atoms with Gasteiger partial charge in [-0.1, -0.05) is 23.2 Å². The van der Waals surface area contributed by atoms with Crippen molar-refractivity contribution in [2.45, 2.75) is 0 Å². The van der Waals surface area contributed by atoms with E-state index in [-0.39, 0.29) is 18.4 Å². The molecule has 0 saturated carbocycles. The summed E-state index contributed by atoms with van der Waals surface area (Å²) < 4.78 is 5.47. The minimum Gasteiger partial charge on any atom is -0.484 e. The summed E-state index contributed by atoms with van der Waals surface area (Å²) in [5, 5.41) is 7.79. The van der Waals surface area contributed by atoms with Crippen LogP contribution in [-0.4, -0.2) is 24.6 Å². The maximum Gasteiger partial charge on any atom is 0.271 e. The van der Waals surface area contributed by atoms with Gasteiger partial charge in [0.15, 0.2) is 6.61 Å². The molecule has 0 fully saturated rings. The summed E-state index contributed by atoms with van der Waals surface area (Å²) >= 11 is 11.6. The van der Waals surface area contributed by atoms with E-state index in [1.165, 1.54) is 6.21 Å². The van der Waals surface area contributed by atoms with Crippen LogP contribution in [0.5, 0.6) is 5.75 Å². The van der Waals surface area contributed by atoms with Gasteiger partial charge in [0.2, 0.25) is 0 Å². The molecule has 0 spiro atoms. The minimum atomic E-state index is -0.338. The summed E-state index contributed by atoms with van der Waals surface area (Å²) in [4.78, 5) is 23.9. The maximum atomic E-state index is 12.0. The van der Waals surface area contributed by atoms with Crippen LogP contribution < -0.4 is 15.5 Å². The van der Waals surface area contributed by atoms with E-state index in [2.05, 4.69) is 15.8 Å². The van der Waals surface area contributed by atoms with Gasteiger partial charge in [-0.05, 0) is 78.4 Å². The van der Waals surface area contributed by atoms with Crippen LogP contribution in [0.15, 0.2) is 77.9 Å². The van der Waals surface area contributed by atoms with Gasteiger partial charge in [-0.2, -0.15) is 5.10 Å². The first kappa shape index (κ1) is 21.4. The standard InChI is InChI=1S/C22H17Cl2N3O3/c23-17-5-3-16(4-6-17)22(29)27-25-13-15-1-11-20(12-2-15)30-14-21(28)26-19-9-7-18(24)8-10-19/h1-13H,14H2,(H,26,28)(H,27,29)/b25-13-. The molecule has 0 unspecified atom stereocenters. The van der Waals surface area contributed by atoms with Crippen LogP contribution in [0.4, 0.5) is 5.69 Å². The third-order valence-corrected chi connectivity index (χ3v) is 4.37. The molecule has 0 atom stereocenters. The lowest BCUT2D eigenvalue weighted by atomic mass is 10.2. The topological polar surface area (TPSA) is 79.8 Å². The molecule has 0 aliphatic carbocycles. The highest BCUT2D eigenvalue weighted by atomic mass is 35.5. The Balaban J connectivity index is 1.45. The van der Waals surface area contributed by atoms with Crippen LogP contribution in [0, 0.1) is 0 Å². The Morgan fingerprint density at radius 3 is 2.10 bits per heavy atom. The quantitative estimate of drug-likeness (QED) is 0.409. The minimum absolute atomic E-state index is 0.132. The summed E-state index contributed by atoms with van der Waals surface area (Å²) in [5.41, 5.74) is 4.29. The van der Waals surface area contributed by atoms with Crippen LogP contribution in [-0.2, 0) is 4.79 Å².